The van der Waals surface area contributed by atoms with E-state index in [0.717, 1.165) is 38.4 Å². The highest BCUT2D eigenvalue weighted by atomic mass is 32.2. The molecule has 25 heavy (non-hydrogen) atoms. The number of halogens is 1. The van der Waals surface area contributed by atoms with Crippen LogP contribution in [-0.4, -0.2) is 57.8 Å². The SMILES string of the molecule is C[C@H](C#N)Sc1nnc(-c2ccc(F)cc2)n1CCN1CCOCC1. The lowest BCUT2D eigenvalue weighted by molar-refractivity contribution is 0.0361. The molecule has 2 aromatic rings. The molecule has 0 radical (unpaired) electrons. The van der Waals surface area contributed by atoms with E-state index in [4.69, 9.17) is 10.00 Å². The van der Waals surface area contributed by atoms with Crippen LogP contribution in [0.2, 0.25) is 0 Å². The van der Waals surface area contributed by atoms with Gasteiger partial charge in [0.2, 0.25) is 0 Å². The molecule has 1 saturated heterocycles. The van der Waals surface area contributed by atoms with E-state index >= 15 is 0 Å². The fraction of sp³-hybridized carbons (Fsp3) is 0.471. The van der Waals surface area contributed by atoms with Gasteiger partial charge in [-0.15, -0.1) is 10.2 Å². The van der Waals surface area contributed by atoms with Gasteiger partial charge in [-0.3, -0.25) is 4.90 Å². The molecule has 0 unspecified atom stereocenters. The lowest BCUT2D eigenvalue weighted by atomic mass is 10.2. The highest BCUT2D eigenvalue weighted by Crippen LogP contribution is 2.26. The number of ether oxygens (including phenoxy) is 1. The van der Waals surface area contributed by atoms with E-state index in [1.807, 2.05) is 11.5 Å². The molecule has 1 aliphatic rings. The van der Waals surface area contributed by atoms with Crippen LogP contribution in [0.5, 0.6) is 0 Å². The molecule has 1 aromatic carbocycles. The summed E-state index contributed by atoms with van der Waals surface area (Å²) in [5, 5.41) is 18.1. The largest absolute Gasteiger partial charge is 0.379 e. The molecule has 0 amide bonds. The Balaban J connectivity index is 1.83. The first-order valence-electron chi connectivity index (χ1n) is 8.23. The summed E-state index contributed by atoms with van der Waals surface area (Å²) in [5.74, 6) is 0.414. The Hall–Kier alpha value is -1.95. The topological polar surface area (TPSA) is 67.0 Å². The van der Waals surface area contributed by atoms with Crippen LogP contribution < -0.4 is 0 Å². The van der Waals surface area contributed by atoms with Crippen LogP contribution in [0.1, 0.15) is 6.92 Å². The van der Waals surface area contributed by atoms with Gasteiger partial charge in [0.05, 0.1) is 24.5 Å². The molecule has 0 saturated carbocycles. The molecule has 1 fully saturated rings. The highest BCUT2D eigenvalue weighted by Gasteiger charge is 2.18. The van der Waals surface area contributed by atoms with Gasteiger partial charge in [-0.25, -0.2) is 4.39 Å². The van der Waals surface area contributed by atoms with Crippen molar-refractivity contribution >= 4 is 11.8 Å². The van der Waals surface area contributed by atoms with Gasteiger partial charge in [-0.05, 0) is 31.2 Å². The zero-order valence-corrected chi connectivity index (χ0v) is 14.9. The Morgan fingerprint density at radius 3 is 2.64 bits per heavy atom. The molecule has 8 heteroatoms. The van der Waals surface area contributed by atoms with Crippen LogP contribution in [0, 0.1) is 17.1 Å². The Labute approximate surface area is 150 Å². The molecule has 3 rings (SSSR count). The van der Waals surface area contributed by atoms with Crippen LogP contribution in [0.4, 0.5) is 4.39 Å². The van der Waals surface area contributed by atoms with Crippen LogP contribution in [0.3, 0.4) is 0 Å². The lowest BCUT2D eigenvalue weighted by Crippen LogP contribution is -2.38. The van der Waals surface area contributed by atoms with Crippen molar-refractivity contribution in [1.82, 2.24) is 19.7 Å². The predicted octanol–water partition coefficient (Wildman–Crippen LogP) is 2.42. The smallest absolute Gasteiger partial charge is 0.192 e. The van der Waals surface area contributed by atoms with E-state index in [0.29, 0.717) is 17.5 Å². The van der Waals surface area contributed by atoms with E-state index in [2.05, 4.69) is 21.2 Å². The molecule has 0 bridgehead atoms. The third-order valence-electron chi connectivity index (χ3n) is 4.03. The standard InChI is InChI=1S/C17H20FN5OS/c1-13(12-19)25-17-21-20-16(14-2-4-15(18)5-3-14)23(17)7-6-22-8-10-24-11-9-22/h2-5,13H,6-11H2,1H3/t13-/m1/s1. The number of hydrogen-bond donors (Lipinski definition) is 0. The zero-order chi connectivity index (χ0) is 17.6. The summed E-state index contributed by atoms with van der Waals surface area (Å²) in [6.07, 6.45) is 0. The molecule has 0 N–H and O–H groups in total. The quantitative estimate of drug-likeness (QED) is 0.736. The summed E-state index contributed by atoms with van der Waals surface area (Å²) in [5.41, 5.74) is 0.812. The van der Waals surface area contributed by atoms with Crippen molar-refractivity contribution < 1.29 is 9.13 Å². The Morgan fingerprint density at radius 1 is 1.24 bits per heavy atom. The molecule has 0 aliphatic carbocycles. The number of aromatic nitrogens is 3. The number of rotatable bonds is 6. The van der Waals surface area contributed by atoms with Gasteiger partial charge < -0.3 is 9.30 Å². The Bertz CT molecular complexity index is 736. The maximum absolute atomic E-state index is 13.2. The van der Waals surface area contributed by atoms with E-state index < -0.39 is 0 Å². The van der Waals surface area contributed by atoms with Crippen LogP contribution in [0.25, 0.3) is 11.4 Å². The van der Waals surface area contributed by atoms with Gasteiger partial charge in [-0.1, -0.05) is 11.8 Å². The highest BCUT2D eigenvalue weighted by molar-refractivity contribution is 8.00. The first-order chi connectivity index (χ1) is 12.2. The van der Waals surface area contributed by atoms with Crippen LogP contribution in [0.15, 0.2) is 29.4 Å². The molecule has 6 nitrogen and oxygen atoms in total. The first kappa shape index (κ1) is 17.9. The Morgan fingerprint density at radius 2 is 1.96 bits per heavy atom. The number of benzene rings is 1. The number of nitriles is 1. The van der Waals surface area contributed by atoms with E-state index in [1.165, 1.54) is 23.9 Å². The van der Waals surface area contributed by atoms with Crippen molar-refractivity contribution in [1.29, 1.82) is 5.26 Å². The average molecular weight is 361 g/mol. The molecule has 2 heterocycles. The Kier molecular flexibility index (Phi) is 6.02. The van der Waals surface area contributed by atoms with Gasteiger partial charge in [0.1, 0.15) is 5.82 Å². The fourth-order valence-corrected chi connectivity index (χ4v) is 3.40. The van der Waals surface area contributed by atoms with E-state index in [-0.39, 0.29) is 11.1 Å². The third kappa shape index (κ3) is 4.57. The average Bonchev–Trinajstić information content (AvgIpc) is 3.03. The van der Waals surface area contributed by atoms with Crippen molar-refractivity contribution in [2.45, 2.75) is 23.9 Å². The number of hydrogen-bond acceptors (Lipinski definition) is 6. The van der Waals surface area contributed by atoms with Crippen LogP contribution >= 0.6 is 11.8 Å². The molecule has 132 valence electrons. The molecule has 0 spiro atoms. The van der Waals surface area contributed by atoms with Crippen molar-refractivity contribution in [3.63, 3.8) is 0 Å². The second-order valence-electron chi connectivity index (χ2n) is 5.81. The lowest BCUT2D eigenvalue weighted by Gasteiger charge is -2.27. The normalized spacial score (nSPS) is 16.5. The fourth-order valence-electron chi connectivity index (χ4n) is 2.64. The molecular weight excluding hydrogens is 341 g/mol. The van der Waals surface area contributed by atoms with Gasteiger partial charge in [0.15, 0.2) is 11.0 Å². The van der Waals surface area contributed by atoms with Crippen molar-refractivity contribution in [3.05, 3.63) is 30.1 Å². The van der Waals surface area contributed by atoms with Gasteiger partial charge in [0, 0.05) is 31.7 Å². The summed E-state index contributed by atoms with van der Waals surface area (Å²) in [4.78, 5) is 2.33. The first-order valence-corrected chi connectivity index (χ1v) is 9.11. The second kappa shape index (κ2) is 8.43. The minimum Gasteiger partial charge on any atom is -0.379 e. The number of thioether (sulfide) groups is 1. The van der Waals surface area contributed by atoms with Gasteiger partial charge in [-0.2, -0.15) is 5.26 Å². The summed E-state index contributed by atoms with van der Waals surface area (Å²) in [6.45, 7) is 6.71. The van der Waals surface area contributed by atoms with Gasteiger partial charge >= 0.3 is 0 Å². The summed E-state index contributed by atoms with van der Waals surface area (Å²) in [7, 11) is 0. The minimum absolute atomic E-state index is 0.215. The minimum atomic E-state index is -0.282. The number of morpholine rings is 1. The summed E-state index contributed by atoms with van der Waals surface area (Å²) < 4.78 is 20.6. The number of nitrogens with zero attached hydrogens (tertiary/aromatic N) is 5. The predicted molar refractivity (Wildman–Crippen MR) is 93.6 cm³/mol. The van der Waals surface area contributed by atoms with E-state index in [1.54, 1.807) is 12.1 Å². The maximum Gasteiger partial charge on any atom is 0.192 e. The summed E-state index contributed by atoms with van der Waals surface area (Å²) >= 11 is 1.39. The summed E-state index contributed by atoms with van der Waals surface area (Å²) in [6, 6.07) is 8.45. The van der Waals surface area contributed by atoms with Crippen molar-refractivity contribution in [2.75, 3.05) is 32.8 Å². The zero-order valence-electron chi connectivity index (χ0n) is 14.1. The molecule has 1 aliphatic heterocycles. The second-order valence-corrected chi connectivity index (χ2v) is 7.12. The third-order valence-corrected chi connectivity index (χ3v) is 5.00. The molecular formula is C17H20FN5OS. The molecule has 1 atom stereocenters. The monoisotopic (exact) mass is 361 g/mol. The van der Waals surface area contributed by atoms with Crippen molar-refractivity contribution in [2.24, 2.45) is 0 Å². The van der Waals surface area contributed by atoms with Crippen LogP contribution in [-0.2, 0) is 11.3 Å². The van der Waals surface area contributed by atoms with Gasteiger partial charge in [0.25, 0.3) is 0 Å². The molecule has 1 aromatic heterocycles. The van der Waals surface area contributed by atoms with Crippen molar-refractivity contribution in [3.8, 4) is 17.5 Å². The van der Waals surface area contributed by atoms with E-state index in [9.17, 15) is 4.39 Å². The maximum atomic E-state index is 13.2.